The summed E-state index contributed by atoms with van der Waals surface area (Å²) in [7, 11) is 0. The van der Waals surface area contributed by atoms with E-state index in [-0.39, 0.29) is 5.75 Å². The minimum atomic E-state index is 0.201. The molecule has 0 saturated carbocycles. The summed E-state index contributed by atoms with van der Waals surface area (Å²) >= 11 is 7.23. The molecule has 0 aliphatic heterocycles. The van der Waals surface area contributed by atoms with Gasteiger partial charge in [-0.15, -0.1) is 11.3 Å². The summed E-state index contributed by atoms with van der Waals surface area (Å²) in [6.07, 6.45) is 1.58. The largest absolute Gasteiger partial charge is 0.505 e. The second-order valence-electron chi connectivity index (χ2n) is 2.09. The maximum atomic E-state index is 9.22. The highest BCUT2D eigenvalue weighted by Crippen LogP contribution is 2.33. The molecule has 0 spiro atoms. The van der Waals surface area contributed by atoms with Crippen LogP contribution < -0.4 is 0 Å². The second kappa shape index (κ2) is 2.36. The van der Waals surface area contributed by atoms with Crippen molar-refractivity contribution in [2.24, 2.45) is 0 Å². The number of aromatic hydroxyl groups is 1. The van der Waals surface area contributed by atoms with Gasteiger partial charge in [-0.25, -0.2) is 0 Å². The molecule has 0 unspecified atom stereocenters. The monoisotopic (exact) mass is 185 g/mol. The number of thiophene rings is 1. The molecule has 0 saturated heterocycles. The van der Waals surface area contributed by atoms with E-state index < -0.39 is 0 Å². The van der Waals surface area contributed by atoms with Gasteiger partial charge in [0, 0.05) is 11.6 Å². The molecule has 2 rings (SSSR count). The summed E-state index contributed by atoms with van der Waals surface area (Å²) in [4.78, 5) is 3.98. The molecule has 0 aromatic carbocycles. The predicted molar refractivity (Wildman–Crippen MR) is 46.3 cm³/mol. The van der Waals surface area contributed by atoms with Crippen LogP contribution in [-0.2, 0) is 0 Å². The standard InChI is InChI=1S/C7H4ClNOS/c8-4-1-2-9-6-5(10)3-11-7(4)6/h1-3,10H. The van der Waals surface area contributed by atoms with E-state index in [1.807, 2.05) is 0 Å². The average molecular weight is 186 g/mol. The van der Waals surface area contributed by atoms with Gasteiger partial charge in [-0.05, 0) is 6.07 Å². The molecule has 0 aliphatic rings. The van der Waals surface area contributed by atoms with Crippen LogP contribution in [0.1, 0.15) is 0 Å². The van der Waals surface area contributed by atoms with Gasteiger partial charge in [0.05, 0.1) is 9.72 Å². The van der Waals surface area contributed by atoms with Crippen molar-refractivity contribution in [2.45, 2.75) is 0 Å². The van der Waals surface area contributed by atoms with Crippen LogP contribution in [0.4, 0.5) is 0 Å². The number of pyridine rings is 1. The second-order valence-corrected chi connectivity index (χ2v) is 3.38. The zero-order chi connectivity index (χ0) is 7.84. The quantitative estimate of drug-likeness (QED) is 0.685. The van der Waals surface area contributed by atoms with Crippen molar-refractivity contribution in [2.75, 3.05) is 0 Å². The summed E-state index contributed by atoms with van der Waals surface area (Å²) in [5, 5.41) is 11.5. The Labute approximate surface area is 72.1 Å². The molecule has 11 heavy (non-hydrogen) atoms. The van der Waals surface area contributed by atoms with Crippen molar-refractivity contribution < 1.29 is 5.11 Å². The molecular formula is C7H4ClNOS. The minimum Gasteiger partial charge on any atom is -0.505 e. The Morgan fingerprint density at radius 3 is 3.09 bits per heavy atom. The van der Waals surface area contributed by atoms with E-state index in [2.05, 4.69) is 4.98 Å². The molecule has 0 atom stereocenters. The lowest BCUT2D eigenvalue weighted by Crippen LogP contribution is -1.71. The Balaban J connectivity index is 2.94. The maximum Gasteiger partial charge on any atom is 0.152 e. The average Bonchev–Trinajstić information content (AvgIpc) is 2.35. The highest BCUT2D eigenvalue weighted by atomic mass is 35.5. The zero-order valence-corrected chi connectivity index (χ0v) is 6.99. The highest BCUT2D eigenvalue weighted by Gasteiger charge is 2.05. The third kappa shape index (κ3) is 0.968. The molecule has 56 valence electrons. The number of fused-ring (bicyclic) bond motifs is 1. The predicted octanol–water partition coefficient (Wildman–Crippen LogP) is 2.66. The Morgan fingerprint density at radius 2 is 2.36 bits per heavy atom. The van der Waals surface area contributed by atoms with Crippen molar-refractivity contribution in [1.82, 2.24) is 4.98 Å². The lowest BCUT2D eigenvalue weighted by molar-refractivity contribution is 0.482. The first-order valence-corrected chi connectivity index (χ1v) is 4.25. The third-order valence-electron chi connectivity index (χ3n) is 1.39. The van der Waals surface area contributed by atoms with Gasteiger partial charge < -0.3 is 5.11 Å². The number of nitrogens with zero attached hydrogens (tertiary/aromatic N) is 1. The van der Waals surface area contributed by atoms with Crippen LogP contribution >= 0.6 is 22.9 Å². The Hall–Kier alpha value is -0.800. The van der Waals surface area contributed by atoms with Crippen LogP contribution in [0.15, 0.2) is 17.6 Å². The summed E-state index contributed by atoms with van der Waals surface area (Å²) < 4.78 is 0.840. The summed E-state index contributed by atoms with van der Waals surface area (Å²) in [5.74, 6) is 0.201. The van der Waals surface area contributed by atoms with Gasteiger partial charge in [0.15, 0.2) is 5.75 Å². The lowest BCUT2D eigenvalue weighted by Gasteiger charge is -1.90. The van der Waals surface area contributed by atoms with Gasteiger partial charge in [-0.2, -0.15) is 0 Å². The first-order chi connectivity index (χ1) is 5.29. The fraction of sp³-hybridized carbons (Fsp3) is 0. The third-order valence-corrected chi connectivity index (χ3v) is 2.80. The van der Waals surface area contributed by atoms with Gasteiger partial charge in [-0.1, -0.05) is 11.6 Å². The highest BCUT2D eigenvalue weighted by molar-refractivity contribution is 7.18. The Morgan fingerprint density at radius 1 is 1.55 bits per heavy atom. The van der Waals surface area contributed by atoms with Gasteiger partial charge >= 0.3 is 0 Å². The fourth-order valence-corrected chi connectivity index (χ4v) is 1.96. The first-order valence-electron chi connectivity index (χ1n) is 2.99. The van der Waals surface area contributed by atoms with E-state index in [1.54, 1.807) is 17.6 Å². The summed E-state index contributed by atoms with van der Waals surface area (Å²) in [6, 6.07) is 1.71. The van der Waals surface area contributed by atoms with Gasteiger partial charge in [0.25, 0.3) is 0 Å². The molecular weight excluding hydrogens is 182 g/mol. The molecule has 4 heteroatoms. The Bertz CT molecular complexity index is 398. The van der Waals surface area contributed by atoms with E-state index in [0.717, 1.165) is 4.70 Å². The first kappa shape index (κ1) is 6.88. The van der Waals surface area contributed by atoms with E-state index >= 15 is 0 Å². The van der Waals surface area contributed by atoms with Crippen LogP contribution in [0.2, 0.25) is 5.02 Å². The number of rotatable bonds is 0. The summed E-state index contributed by atoms with van der Waals surface area (Å²) in [6.45, 7) is 0. The van der Waals surface area contributed by atoms with E-state index in [0.29, 0.717) is 10.5 Å². The van der Waals surface area contributed by atoms with E-state index in [1.165, 1.54) is 11.3 Å². The maximum absolute atomic E-state index is 9.22. The SMILES string of the molecule is Oc1csc2c(Cl)ccnc12. The number of hydrogen-bond acceptors (Lipinski definition) is 3. The Kier molecular flexibility index (Phi) is 1.47. The number of aromatic nitrogens is 1. The molecule has 2 nitrogen and oxygen atoms in total. The van der Waals surface area contributed by atoms with E-state index in [4.69, 9.17) is 11.6 Å². The fourth-order valence-electron chi connectivity index (χ4n) is 0.890. The molecule has 2 heterocycles. The van der Waals surface area contributed by atoms with Crippen LogP contribution in [0.5, 0.6) is 5.75 Å². The van der Waals surface area contributed by atoms with Gasteiger partial charge in [-0.3, -0.25) is 4.98 Å². The topological polar surface area (TPSA) is 33.1 Å². The van der Waals surface area contributed by atoms with Gasteiger partial charge in [0.1, 0.15) is 5.52 Å². The molecule has 0 amide bonds. The molecule has 0 radical (unpaired) electrons. The molecule has 0 fully saturated rings. The number of halogens is 1. The van der Waals surface area contributed by atoms with Crippen molar-refractivity contribution in [3.05, 3.63) is 22.7 Å². The minimum absolute atomic E-state index is 0.201. The van der Waals surface area contributed by atoms with Crippen LogP contribution in [0, 0.1) is 0 Å². The van der Waals surface area contributed by atoms with Crippen molar-refractivity contribution in [1.29, 1.82) is 0 Å². The lowest BCUT2D eigenvalue weighted by atomic mass is 10.4. The smallest absolute Gasteiger partial charge is 0.152 e. The molecule has 2 aromatic heterocycles. The number of hydrogen-bond donors (Lipinski definition) is 1. The molecule has 2 aromatic rings. The van der Waals surface area contributed by atoms with Crippen molar-refractivity contribution >= 4 is 33.2 Å². The van der Waals surface area contributed by atoms with Crippen LogP contribution in [0.25, 0.3) is 10.2 Å². The molecule has 1 N–H and O–H groups in total. The van der Waals surface area contributed by atoms with Crippen LogP contribution in [0.3, 0.4) is 0 Å². The van der Waals surface area contributed by atoms with Crippen molar-refractivity contribution in [3.8, 4) is 5.75 Å². The van der Waals surface area contributed by atoms with Crippen molar-refractivity contribution in [3.63, 3.8) is 0 Å². The van der Waals surface area contributed by atoms with Gasteiger partial charge in [0.2, 0.25) is 0 Å². The molecule has 0 aliphatic carbocycles. The van der Waals surface area contributed by atoms with Crippen LogP contribution in [-0.4, -0.2) is 10.1 Å². The summed E-state index contributed by atoms with van der Waals surface area (Å²) in [5.41, 5.74) is 0.586. The van der Waals surface area contributed by atoms with E-state index in [9.17, 15) is 5.11 Å². The zero-order valence-electron chi connectivity index (χ0n) is 5.41. The molecule has 0 bridgehead atoms. The normalized spacial score (nSPS) is 10.6.